The monoisotopic (exact) mass is 315 g/mol. The van der Waals surface area contributed by atoms with Gasteiger partial charge < -0.3 is 10.2 Å². The molecule has 0 amide bonds. The molecule has 0 saturated carbocycles. The van der Waals surface area contributed by atoms with Crippen LogP contribution in [-0.2, 0) is 22.8 Å². The van der Waals surface area contributed by atoms with Gasteiger partial charge in [-0.25, -0.2) is 9.78 Å². The lowest BCUT2D eigenvalue weighted by molar-refractivity contribution is -0.282. The Kier molecular flexibility index (Phi) is 4.52. The third-order valence-corrected chi connectivity index (χ3v) is 3.44. The summed E-state index contributed by atoms with van der Waals surface area (Å²) in [6, 6.07) is 10.7. The molecular formula is C16H17N3O4. The second kappa shape index (κ2) is 6.74. The largest absolute Gasteiger partial charge is 0.506 e. The predicted molar refractivity (Wildman–Crippen MR) is 83.1 cm³/mol. The molecule has 3 rings (SSSR count). The lowest BCUT2D eigenvalue weighted by Gasteiger charge is -2.05. The van der Waals surface area contributed by atoms with E-state index in [4.69, 9.17) is 9.99 Å². The third kappa shape index (κ3) is 3.31. The summed E-state index contributed by atoms with van der Waals surface area (Å²) in [6.07, 6.45) is 0.507. The molecule has 0 bridgehead atoms. The van der Waals surface area contributed by atoms with Crippen LogP contribution in [0.1, 0.15) is 11.1 Å². The quantitative estimate of drug-likeness (QED) is 0.532. The molecule has 2 aromatic carbocycles. The number of aromatic hydroxyl groups is 1. The molecular weight excluding hydrogens is 298 g/mol. The van der Waals surface area contributed by atoms with Gasteiger partial charge in [0, 0.05) is 6.61 Å². The molecule has 0 aliphatic heterocycles. The third-order valence-electron chi connectivity index (χ3n) is 3.44. The van der Waals surface area contributed by atoms with E-state index in [1.165, 1.54) is 11.9 Å². The van der Waals surface area contributed by atoms with E-state index in [0.29, 0.717) is 29.7 Å². The zero-order valence-corrected chi connectivity index (χ0v) is 12.6. The van der Waals surface area contributed by atoms with Gasteiger partial charge in [0.2, 0.25) is 0 Å². The Hall–Kier alpha value is -2.48. The van der Waals surface area contributed by atoms with Crippen molar-refractivity contribution in [3.8, 4) is 11.4 Å². The molecule has 1 heterocycles. The van der Waals surface area contributed by atoms with Crippen molar-refractivity contribution in [2.24, 2.45) is 0 Å². The van der Waals surface area contributed by atoms with Gasteiger partial charge in [-0.1, -0.05) is 12.1 Å². The van der Waals surface area contributed by atoms with Crippen molar-refractivity contribution < 1.29 is 20.0 Å². The van der Waals surface area contributed by atoms with Crippen molar-refractivity contribution in [1.82, 2.24) is 15.0 Å². The fourth-order valence-electron chi connectivity index (χ4n) is 2.30. The van der Waals surface area contributed by atoms with Crippen LogP contribution in [0, 0.1) is 0 Å². The minimum Gasteiger partial charge on any atom is -0.506 e. The van der Waals surface area contributed by atoms with E-state index in [1.54, 1.807) is 18.2 Å². The highest BCUT2D eigenvalue weighted by Crippen LogP contribution is 2.23. The predicted octanol–water partition coefficient (Wildman–Crippen LogP) is 1.74. The molecule has 1 aromatic heterocycles. The molecule has 0 unspecified atom stereocenters. The van der Waals surface area contributed by atoms with E-state index in [0.717, 1.165) is 11.1 Å². The van der Waals surface area contributed by atoms with Crippen molar-refractivity contribution in [3.05, 3.63) is 47.5 Å². The number of hydrogen-bond acceptors (Lipinski definition) is 6. The topological polar surface area (TPSA) is 89.6 Å². The Bertz CT molecular complexity index is 816. The minimum absolute atomic E-state index is 0.0432. The van der Waals surface area contributed by atoms with Crippen molar-refractivity contribution >= 4 is 11.0 Å². The van der Waals surface area contributed by atoms with Gasteiger partial charge in [0.15, 0.2) is 0 Å². The second-order valence-corrected chi connectivity index (χ2v) is 5.04. The van der Waals surface area contributed by atoms with Crippen LogP contribution in [0.3, 0.4) is 0 Å². The number of phenols is 1. The average Bonchev–Trinajstić information content (AvgIpc) is 2.98. The van der Waals surface area contributed by atoms with Gasteiger partial charge in [-0.05, 0) is 41.8 Å². The lowest BCUT2D eigenvalue weighted by atomic mass is 10.1. The van der Waals surface area contributed by atoms with Gasteiger partial charge in [-0.3, -0.25) is 0 Å². The lowest BCUT2D eigenvalue weighted by Crippen LogP contribution is -2.01. The molecule has 0 radical (unpaired) electrons. The second-order valence-electron chi connectivity index (χ2n) is 5.04. The highest BCUT2D eigenvalue weighted by Gasteiger charge is 2.10. The normalized spacial score (nSPS) is 11.2. The summed E-state index contributed by atoms with van der Waals surface area (Å²) in [5.41, 5.74) is 3.68. The molecule has 120 valence electrons. The molecule has 7 nitrogen and oxygen atoms in total. The summed E-state index contributed by atoms with van der Waals surface area (Å²) >= 11 is 0. The Morgan fingerprint density at radius 1 is 1.04 bits per heavy atom. The molecule has 7 heteroatoms. The summed E-state index contributed by atoms with van der Waals surface area (Å²) in [5.74, 6) is 0.0786. The van der Waals surface area contributed by atoms with Crippen molar-refractivity contribution in [2.75, 3.05) is 13.7 Å². The van der Waals surface area contributed by atoms with Crippen molar-refractivity contribution in [1.29, 1.82) is 0 Å². The zero-order valence-electron chi connectivity index (χ0n) is 12.6. The number of rotatable bonds is 6. The number of hydrogen-bond donors (Lipinski definition) is 2. The van der Waals surface area contributed by atoms with Crippen LogP contribution in [0.25, 0.3) is 16.7 Å². The fourth-order valence-corrected chi connectivity index (χ4v) is 2.30. The summed E-state index contributed by atoms with van der Waals surface area (Å²) in [4.78, 5) is 10.9. The number of benzene rings is 2. The number of nitrogens with zero attached hydrogens (tertiary/aromatic N) is 3. The van der Waals surface area contributed by atoms with E-state index in [2.05, 4.69) is 15.1 Å². The van der Waals surface area contributed by atoms with E-state index in [1.807, 2.05) is 18.2 Å². The van der Waals surface area contributed by atoms with Crippen LogP contribution in [0.4, 0.5) is 0 Å². The summed E-state index contributed by atoms with van der Waals surface area (Å²) in [5, 5.41) is 27.9. The van der Waals surface area contributed by atoms with Gasteiger partial charge in [-0.2, -0.15) is 0 Å². The standard InChI is InChI=1S/C16H17N3O4/c1-22-23-10-12-2-4-13-14(8-12)18-19(17-13)15-9-11(6-7-20)3-5-16(15)21/h2-5,8-9,20-21H,6-7,10H2,1H3. The summed E-state index contributed by atoms with van der Waals surface area (Å²) < 4.78 is 0. The van der Waals surface area contributed by atoms with Gasteiger partial charge in [0.05, 0.1) is 7.11 Å². The number of fused-ring (bicyclic) bond motifs is 1. The zero-order chi connectivity index (χ0) is 16.2. The number of aliphatic hydroxyl groups excluding tert-OH is 1. The van der Waals surface area contributed by atoms with Crippen LogP contribution < -0.4 is 0 Å². The van der Waals surface area contributed by atoms with Crippen LogP contribution in [0.2, 0.25) is 0 Å². The van der Waals surface area contributed by atoms with Crippen molar-refractivity contribution in [2.45, 2.75) is 13.0 Å². The first-order chi connectivity index (χ1) is 11.2. The number of aromatic nitrogens is 3. The maximum absolute atomic E-state index is 10.1. The SMILES string of the molecule is COOCc1ccc2nn(-c3cc(CCO)ccc3O)nc2c1. The fraction of sp³-hybridized carbons (Fsp3) is 0.250. The first-order valence-corrected chi connectivity index (χ1v) is 7.16. The van der Waals surface area contributed by atoms with Crippen molar-refractivity contribution in [3.63, 3.8) is 0 Å². The number of phenolic OH excluding ortho intramolecular Hbond substituents is 1. The summed E-state index contributed by atoms with van der Waals surface area (Å²) in [7, 11) is 1.46. The molecule has 3 aromatic rings. The average molecular weight is 315 g/mol. The van der Waals surface area contributed by atoms with E-state index in [-0.39, 0.29) is 12.4 Å². The molecule has 0 fully saturated rings. The molecule has 23 heavy (non-hydrogen) atoms. The first-order valence-electron chi connectivity index (χ1n) is 7.16. The maximum atomic E-state index is 10.1. The van der Waals surface area contributed by atoms with Crippen LogP contribution in [0.5, 0.6) is 5.75 Å². The van der Waals surface area contributed by atoms with Crippen LogP contribution in [0.15, 0.2) is 36.4 Å². The highest BCUT2D eigenvalue weighted by molar-refractivity contribution is 5.74. The first kappa shape index (κ1) is 15.4. The maximum Gasteiger partial charge on any atom is 0.143 e. The highest BCUT2D eigenvalue weighted by atomic mass is 17.2. The molecule has 0 saturated heterocycles. The van der Waals surface area contributed by atoms with Crippen LogP contribution in [-0.4, -0.2) is 38.9 Å². The van der Waals surface area contributed by atoms with Gasteiger partial charge >= 0.3 is 0 Å². The molecule has 0 spiro atoms. The van der Waals surface area contributed by atoms with E-state index >= 15 is 0 Å². The van der Waals surface area contributed by atoms with E-state index < -0.39 is 0 Å². The van der Waals surface area contributed by atoms with E-state index in [9.17, 15) is 5.11 Å². The Morgan fingerprint density at radius 2 is 1.83 bits per heavy atom. The molecule has 0 atom stereocenters. The smallest absolute Gasteiger partial charge is 0.143 e. The van der Waals surface area contributed by atoms with Gasteiger partial charge in [-0.15, -0.1) is 15.0 Å². The minimum atomic E-state index is 0.0432. The number of aliphatic hydroxyl groups is 1. The Balaban J connectivity index is 1.98. The molecule has 0 aliphatic carbocycles. The molecule has 0 aliphatic rings. The van der Waals surface area contributed by atoms with Gasteiger partial charge in [0.1, 0.15) is 29.1 Å². The van der Waals surface area contributed by atoms with Gasteiger partial charge in [0.25, 0.3) is 0 Å². The summed E-state index contributed by atoms with van der Waals surface area (Å²) in [6.45, 7) is 0.359. The Morgan fingerprint density at radius 3 is 2.61 bits per heavy atom. The Labute approximate surface area is 132 Å². The van der Waals surface area contributed by atoms with Crippen LogP contribution >= 0.6 is 0 Å². The molecule has 2 N–H and O–H groups in total.